The van der Waals surface area contributed by atoms with Gasteiger partial charge in [-0.05, 0) is 31.2 Å². The summed E-state index contributed by atoms with van der Waals surface area (Å²) in [5.41, 5.74) is 2.17. The highest BCUT2D eigenvalue weighted by atomic mass is 16.5. The second-order valence-corrected chi connectivity index (χ2v) is 6.59. The third kappa shape index (κ3) is 4.50. The number of pyridine rings is 2. The minimum atomic E-state index is -0.0366. The standard InChI is InChI=1S/C20H24N6O/c1-2-26-14-16(12-22-26)13-25-10-11-27-18(15-25)17-6-5-8-20(23-17)24-19-7-3-4-9-21-19/h3-9,12,14,18H,2,10-11,13,15H2,1H3,(H,21,23,24)/t18-/m1/s1. The Bertz CT molecular complexity index is 866. The Balaban J connectivity index is 1.42. The van der Waals surface area contributed by atoms with Gasteiger partial charge in [0, 0.05) is 44.1 Å². The molecule has 0 radical (unpaired) electrons. The summed E-state index contributed by atoms with van der Waals surface area (Å²) >= 11 is 0. The predicted molar refractivity (Wildman–Crippen MR) is 104 cm³/mol. The molecule has 0 saturated carbocycles. The molecule has 0 amide bonds. The summed E-state index contributed by atoms with van der Waals surface area (Å²) in [6.45, 7) is 6.31. The molecule has 4 heterocycles. The molecule has 27 heavy (non-hydrogen) atoms. The van der Waals surface area contributed by atoms with Gasteiger partial charge in [-0.15, -0.1) is 0 Å². The van der Waals surface area contributed by atoms with Crippen molar-refractivity contribution in [1.29, 1.82) is 0 Å². The van der Waals surface area contributed by atoms with Crippen LogP contribution in [0.5, 0.6) is 0 Å². The van der Waals surface area contributed by atoms with Crippen LogP contribution in [0.25, 0.3) is 0 Å². The van der Waals surface area contributed by atoms with Gasteiger partial charge in [0.25, 0.3) is 0 Å². The highest BCUT2D eigenvalue weighted by Crippen LogP contribution is 2.23. The highest BCUT2D eigenvalue weighted by Gasteiger charge is 2.23. The molecule has 1 aliphatic rings. The maximum atomic E-state index is 6.00. The van der Waals surface area contributed by atoms with Crippen LogP contribution in [-0.2, 0) is 17.8 Å². The Morgan fingerprint density at radius 1 is 1.19 bits per heavy atom. The Morgan fingerprint density at radius 3 is 2.93 bits per heavy atom. The van der Waals surface area contributed by atoms with Crippen LogP contribution < -0.4 is 5.32 Å². The molecule has 0 unspecified atom stereocenters. The van der Waals surface area contributed by atoms with Gasteiger partial charge in [0.1, 0.15) is 17.7 Å². The number of aryl methyl sites for hydroxylation is 1. The van der Waals surface area contributed by atoms with E-state index in [1.807, 2.05) is 47.3 Å². The fourth-order valence-corrected chi connectivity index (χ4v) is 3.21. The number of morpholine rings is 1. The van der Waals surface area contributed by atoms with E-state index in [4.69, 9.17) is 9.72 Å². The number of hydrogen-bond acceptors (Lipinski definition) is 6. The molecule has 140 valence electrons. The average Bonchev–Trinajstić information content (AvgIpc) is 3.17. The topological polar surface area (TPSA) is 68.1 Å². The zero-order chi connectivity index (χ0) is 18.5. The number of nitrogens with zero attached hydrogens (tertiary/aromatic N) is 5. The largest absolute Gasteiger partial charge is 0.369 e. The molecule has 1 N–H and O–H groups in total. The van der Waals surface area contributed by atoms with E-state index in [1.165, 1.54) is 5.56 Å². The molecule has 1 aliphatic heterocycles. The first-order chi connectivity index (χ1) is 13.3. The molecule has 3 aromatic heterocycles. The number of nitrogens with one attached hydrogen (secondary N) is 1. The minimum Gasteiger partial charge on any atom is -0.369 e. The van der Waals surface area contributed by atoms with Gasteiger partial charge in [-0.25, -0.2) is 9.97 Å². The quantitative estimate of drug-likeness (QED) is 0.725. The van der Waals surface area contributed by atoms with Crippen molar-refractivity contribution in [2.45, 2.75) is 26.1 Å². The molecule has 4 rings (SSSR count). The first kappa shape index (κ1) is 17.6. The van der Waals surface area contributed by atoms with Crippen molar-refractivity contribution in [3.8, 4) is 0 Å². The van der Waals surface area contributed by atoms with Crippen LogP contribution in [0.15, 0.2) is 55.0 Å². The third-order valence-corrected chi connectivity index (χ3v) is 4.59. The maximum absolute atomic E-state index is 6.00. The van der Waals surface area contributed by atoms with Crippen molar-refractivity contribution in [2.24, 2.45) is 0 Å². The molecule has 7 heteroatoms. The number of anilines is 2. The summed E-state index contributed by atoms with van der Waals surface area (Å²) in [5.74, 6) is 1.55. The second kappa shape index (κ2) is 8.28. The minimum absolute atomic E-state index is 0.0366. The zero-order valence-corrected chi connectivity index (χ0v) is 15.5. The van der Waals surface area contributed by atoms with Crippen LogP contribution >= 0.6 is 0 Å². The van der Waals surface area contributed by atoms with Gasteiger partial charge < -0.3 is 10.1 Å². The third-order valence-electron chi connectivity index (χ3n) is 4.59. The van der Waals surface area contributed by atoms with E-state index < -0.39 is 0 Å². The Labute approximate surface area is 159 Å². The molecule has 0 bridgehead atoms. The van der Waals surface area contributed by atoms with Crippen molar-refractivity contribution in [3.05, 3.63) is 66.2 Å². The van der Waals surface area contributed by atoms with Gasteiger partial charge in [-0.2, -0.15) is 5.10 Å². The zero-order valence-electron chi connectivity index (χ0n) is 15.5. The molecule has 0 spiro atoms. The van der Waals surface area contributed by atoms with E-state index in [0.29, 0.717) is 6.61 Å². The van der Waals surface area contributed by atoms with E-state index in [2.05, 4.69) is 33.4 Å². The van der Waals surface area contributed by atoms with Gasteiger partial charge in [0.2, 0.25) is 0 Å². The van der Waals surface area contributed by atoms with E-state index in [1.54, 1.807) is 6.20 Å². The van der Waals surface area contributed by atoms with Gasteiger partial charge in [-0.1, -0.05) is 12.1 Å². The SMILES string of the molecule is CCn1cc(CN2CCO[C@@H](c3cccc(Nc4ccccn4)n3)C2)cn1. The summed E-state index contributed by atoms with van der Waals surface area (Å²) in [6, 6.07) is 11.7. The Hall–Kier alpha value is -2.77. The summed E-state index contributed by atoms with van der Waals surface area (Å²) in [6.07, 6.45) is 5.78. The summed E-state index contributed by atoms with van der Waals surface area (Å²) in [7, 11) is 0. The van der Waals surface area contributed by atoms with Crippen molar-refractivity contribution in [3.63, 3.8) is 0 Å². The average molecular weight is 364 g/mol. The van der Waals surface area contributed by atoms with E-state index >= 15 is 0 Å². The fraction of sp³-hybridized carbons (Fsp3) is 0.350. The van der Waals surface area contributed by atoms with Crippen LogP contribution in [0.2, 0.25) is 0 Å². The van der Waals surface area contributed by atoms with Crippen molar-refractivity contribution in [2.75, 3.05) is 25.0 Å². The summed E-state index contributed by atoms with van der Waals surface area (Å²) in [5, 5.41) is 7.60. The number of rotatable bonds is 6. The highest BCUT2D eigenvalue weighted by molar-refractivity contribution is 5.51. The molecule has 7 nitrogen and oxygen atoms in total. The lowest BCUT2D eigenvalue weighted by atomic mass is 10.1. The van der Waals surface area contributed by atoms with Gasteiger partial charge >= 0.3 is 0 Å². The fourth-order valence-electron chi connectivity index (χ4n) is 3.21. The molecule has 3 aromatic rings. The van der Waals surface area contributed by atoms with E-state index in [-0.39, 0.29) is 6.10 Å². The first-order valence-corrected chi connectivity index (χ1v) is 9.30. The lowest BCUT2D eigenvalue weighted by molar-refractivity contribution is -0.0349. The number of hydrogen-bond donors (Lipinski definition) is 1. The van der Waals surface area contributed by atoms with Gasteiger partial charge in [0.05, 0.1) is 18.5 Å². The van der Waals surface area contributed by atoms with Crippen LogP contribution in [0, 0.1) is 0 Å². The first-order valence-electron chi connectivity index (χ1n) is 9.30. The molecule has 1 saturated heterocycles. The Morgan fingerprint density at radius 2 is 2.11 bits per heavy atom. The lowest BCUT2D eigenvalue weighted by Crippen LogP contribution is -2.38. The molecule has 0 aromatic carbocycles. The number of aromatic nitrogens is 4. The van der Waals surface area contributed by atoms with E-state index in [0.717, 1.165) is 43.5 Å². The number of ether oxygens (including phenoxy) is 1. The normalized spacial score (nSPS) is 17.7. The van der Waals surface area contributed by atoms with Crippen LogP contribution in [0.4, 0.5) is 11.6 Å². The van der Waals surface area contributed by atoms with Crippen molar-refractivity contribution >= 4 is 11.6 Å². The molecule has 1 atom stereocenters. The molecule has 0 aliphatic carbocycles. The summed E-state index contributed by atoms with van der Waals surface area (Å²) in [4.78, 5) is 11.4. The van der Waals surface area contributed by atoms with E-state index in [9.17, 15) is 0 Å². The van der Waals surface area contributed by atoms with Crippen molar-refractivity contribution in [1.82, 2.24) is 24.6 Å². The van der Waals surface area contributed by atoms with Crippen LogP contribution in [-0.4, -0.2) is 44.3 Å². The van der Waals surface area contributed by atoms with Gasteiger partial charge in [-0.3, -0.25) is 9.58 Å². The van der Waals surface area contributed by atoms with Crippen molar-refractivity contribution < 1.29 is 4.74 Å². The summed E-state index contributed by atoms with van der Waals surface area (Å²) < 4.78 is 7.96. The molecular formula is C20H24N6O. The smallest absolute Gasteiger partial charge is 0.131 e. The maximum Gasteiger partial charge on any atom is 0.131 e. The molecular weight excluding hydrogens is 340 g/mol. The molecule has 1 fully saturated rings. The van der Waals surface area contributed by atoms with Crippen LogP contribution in [0.1, 0.15) is 24.3 Å². The lowest BCUT2D eigenvalue weighted by Gasteiger charge is -2.32. The Kier molecular flexibility index (Phi) is 5.41. The van der Waals surface area contributed by atoms with Crippen LogP contribution in [0.3, 0.4) is 0 Å². The predicted octanol–water partition coefficient (Wildman–Crippen LogP) is 3.01. The van der Waals surface area contributed by atoms with Gasteiger partial charge in [0.15, 0.2) is 0 Å². The monoisotopic (exact) mass is 364 g/mol. The second-order valence-electron chi connectivity index (χ2n) is 6.59.